The van der Waals surface area contributed by atoms with E-state index in [1.165, 1.54) is 18.5 Å². The van der Waals surface area contributed by atoms with Crippen molar-refractivity contribution in [2.45, 2.75) is 6.92 Å². The van der Waals surface area contributed by atoms with Gasteiger partial charge in [0, 0.05) is 12.2 Å². The summed E-state index contributed by atoms with van der Waals surface area (Å²) in [7, 11) is 0. The lowest BCUT2D eigenvalue weighted by Crippen LogP contribution is -2.07. The van der Waals surface area contributed by atoms with Crippen molar-refractivity contribution in [3.8, 4) is 0 Å². The predicted molar refractivity (Wildman–Crippen MR) is 77.3 cm³/mol. The molecule has 0 aliphatic rings. The van der Waals surface area contributed by atoms with Crippen LogP contribution in [0.5, 0.6) is 0 Å². The molecule has 104 valence electrons. The van der Waals surface area contributed by atoms with Gasteiger partial charge in [-0.1, -0.05) is 0 Å². The van der Waals surface area contributed by atoms with Gasteiger partial charge < -0.3 is 21.5 Å². The van der Waals surface area contributed by atoms with Crippen LogP contribution < -0.4 is 16.4 Å². The number of carbonyl (C=O) groups is 1. The van der Waals surface area contributed by atoms with Crippen molar-refractivity contribution in [3.05, 3.63) is 36.2 Å². The van der Waals surface area contributed by atoms with Crippen LogP contribution in [0.3, 0.4) is 0 Å². The second kappa shape index (κ2) is 5.87. The predicted octanol–water partition coefficient (Wildman–Crippen LogP) is 1.93. The maximum Gasteiger partial charge on any atom is 0.335 e. The van der Waals surface area contributed by atoms with Gasteiger partial charge in [-0.15, -0.1) is 0 Å². The highest BCUT2D eigenvalue weighted by atomic mass is 16.4. The van der Waals surface area contributed by atoms with Crippen LogP contribution >= 0.6 is 0 Å². The molecule has 0 unspecified atom stereocenters. The number of carboxylic acids is 1. The molecule has 0 saturated carbocycles. The van der Waals surface area contributed by atoms with Crippen LogP contribution in [0.1, 0.15) is 17.3 Å². The van der Waals surface area contributed by atoms with Crippen LogP contribution in [0, 0.1) is 0 Å². The molecule has 0 amide bonds. The molecule has 5 N–H and O–H groups in total. The number of carboxylic acid groups (broad SMARTS) is 1. The number of hydrogen-bond donors (Lipinski definition) is 4. The van der Waals surface area contributed by atoms with Gasteiger partial charge in [-0.2, -0.15) is 0 Å². The van der Waals surface area contributed by atoms with Crippen molar-refractivity contribution >= 4 is 29.0 Å². The van der Waals surface area contributed by atoms with Crippen molar-refractivity contribution < 1.29 is 9.90 Å². The number of nitrogens with one attached hydrogen (secondary N) is 2. The molecule has 1 aromatic heterocycles. The maximum absolute atomic E-state index is 10.8. The third-order valence-electron chi connectivity index (χ3n) is 2.62. The zero-order valence-corrected chi connectivity index (χ0v) is 10.9. The number of aromatic nitrogens is 2. The number of hydrogen-bond acceptors (Lipinski definition) is 6. The average Bonchev–Trinajstić information content (AvgIpc) is 2.44. The zero-order chi connectivity index (χ0) is 14.5. The van der Waals surface area contributed by atoms with E-state index in [9.17, 15) is 4.79 Å². The topological polar surface area (TPSA) is 113 Å². The fraction of sp³-hybridized carbons (Fsp3) is 0.154. The molecule has 0 aliphatic heterocycles. The van der Waals surface area contributed by atoms with Crippen molar-refractivity contribution in [1.29, 1.82) is 0 Å². The van der Waals surface area contributed by atoms with Crippen LogP contribution in [-0.4, -0.2) is 27.6 Å². The minimum Gasteiger partial charge on any atom is -0.478 e. The number of aromatic carboxylic acids is 1. The SMILES string of the molecule is CCNc1ncnc(Nc2ccc(C(=O)O)cc2)c1N. The van der Waals surface area contributed by atoms with Gasteiger partial charge >= 0.3 is 5.97 Å². The van der Waals surface area contributed by atoms with Gasteiger partial charge in [0.15, 0.2) is 11.6 Å². The first-order chi connectivity index (χ1) is 9.61. The summed E-state index contributed by atoms with van der Waals surface area (Å²) in [5, 5.41) is 14.9. The van der Waals surface area contributed by atoms with Gasteiger partial charge in [0.2, 0.25) is 0 Å². The first kappa shape index (κ1) is 13.6. The van der Waals surface area contributed by atoms with E-state index in [-0.39, 0.29) is 5.56 Å². The van der Waals surface area contributed by atoms with E-state index < -0.39 is 5.97 Å². The summed E-state index contributed by atoms with van der Waals surface area (Å²) in [6.07, 6.45) is 1.41. The van der Waals surface area contributed by atoms with E-state index >= 15 is 0 Å². The Kier molecular flexibility index (Phi) is 3.99. The van der Waals surface area contributed by atoms with Crippen LogP contribution in [0.4, 0.5) is 23.0 Å². The van der Waals surface area contributed by atoms with Crippen LogP contribution in [0.25, 0.3) is 0 Å². The molecule has 0 atom stereocenters. The molecular formula is C13H15N5O2. The maximum atomic E-state index is 10.8. The largest absolute Gasteiger partial charge is 0.478 e. The van der Waals surface area contributed by atoms with E-state index in [4.69, 9.17) is 10.8 Å². The summed E-state index contributed by atoms with van der Waals surface area (Å²) in [4.78, 5) is 18.9. The van der Waals surface area contributed by atoms with E-state index in [0.717, 1.165) is 0 Å². The molecule has 0 bridgehead atoms. The number of nitrogen functional groups attached to an aromatic ring is 1. The minimum absolute atomic E-state index is 0.222. The fourth-order valence-corrected chi connectivity index (χ4v) is 1.64. The normalized spacial score (nSPS) is 10.1. The Bertz CT molecular complexity index is 613. The number of nitrogens with two attached hydrogens (primary N) is 1. The minimum atomic E-state index is -0.965. The molecule has 0 fully saturated rings. The van der Waals surface area contributed by atoms with Gasteiger partial charge in [-0.3, -0.25) is 0 Å². The molecule has 0 aliphatic carbocycles. The van der Waals surface area contributed by atoms with Crippen LogP contribution in [0.15, 0.2) is 30.6 Å². The highest BCUT2D eigenvalue weighted by Crippen LogP contribution is 2.25. The van der Waals surface area contributed by atoms with Crippen molar-refractivity contribution in [2.24, 2.45) is 0 Å². The summed E-state index contributed by atoms with van der Waals surface area (Å²) >= 11 is 0. The highest BCUT2D eigenvalue weighted by Gasteiger charge is 2.08. The number of benzene rings is 1. The van der Waals surface area contributed by atoms with Gasteiger partial charge in [0.05, 0.1) is 5.56 Å². The molecule has 1 heterocycles. The lowest BCUT2D eigenvalue weighted by atomic mass is 10.2. The Balaban J connectivity index is 2.21. The van der Waals surface area contributed by atoms with Gasteiger partial charge in [0.25, 0.3) is 0 Å². The first-order valence-corrected chi connectivity index (χ1v) is 6.06. The van der Waals surface area contributed by atoms with Crippen molar-refractivity contribution in [2.75, 3.05) is 22.9 Å². The Labute approximate surface area is 115 Å². The third kappa shape index (κ3) is 2.94. The van der Waals surface area contributed by atoms with Gasteiger partial charge in [-0.05, 0) is 31.2 Å². The Hall–Kier alpha value is -2.83. The standard InChI is InChI=1S/C13H15N5O2/c1-2-15-11-10(14)12(17-7-16-11)18-9-5-3-8(4-6-9)13(19)20/h3-7H,2,14H2,1H3,(H,19,20)(H2,15,16,17,18). The smallest absolute Gasteiger partial charge is 0.335 e. The van der Waals surface area contributed by atoms with Crippen LogP contribution in [-0.2, 0) is 0 Å². The Morgan fingerprint density at radius 2 is 1.90 bits per heavy atom. The monoisotopic (exact) mass is 273 g/mol. The summed E-state index contributed by atoms with van der Waals surface area (Å²) in [5.74, 6) is 0.0683. The summed E-state index contributed by atoms with van der Waals surface area (Å²) < 4.78 is 0. The second-order valence-corrected chi connectivity index (χ2v) is 4.02. The molecule has 0 spiro atoms. The van der Waals surface area contributed by atoms with Gasteiger partial charge in [0.1, 0.15) is 12.0 Å². The summed E-state index contributed by atoms with van der Waals surface area (Å²) in [5.41, 5.74) is 7.28. The molecular weight excluding hydrogens is 258 g/mol. The average molecular weight is 273 g/mol. The molecule has 20 heavy (non-hydrogen) atoms. The zero-order valence-electron chi connectivity index (χ0n) is 10.9. The fourth-order valence-electron chi connectivity index (χ4n) is 1.64. The number of rotatable bonds is 5. The number of anilines is 4. The first-order valence-electron chi connectivity index (χ1n) is 6.06. The molecule has 2 aromatic rings. The Morgan fingerprint density at radius 3 is 2.50 bits per heavy atom. The quantitative estimate of drug-likeness (QED) is 0.658. The van der Waals surface area contributed by atoms with Crippen LogP contribution in [0.2, 0.25) is 0 Å². The Morgan fingerprint density at radius 1 is 1.25 bits per heavy atom. The lowest BCUT2D eigenvalue weighted by Gasteiger charge is -2.11. The van der Waals surface area contributed by atoms with E-state index in [2.05, 4.69) is 20.6 Å². The molecule has 0 radical (unpaired) electrons. The summed E-state index contributed by atoms with van der Waals surface area (Å²) in [6.45, 7) is 2.65. The summed E-state index contributed by atoms with van der Waals surface area (Å²) in [6, 6.07) is 6.32. The van der Waals surface area contributed by atoms with E-state index in [1.807, 2.05) is 6.92 Å². The van der Waals surface area contributed by atoms with Crippen molar-refractivity contribution in [1.82, 2.24) is 9.97 Å². The third-order valence-corrected chi connectivity index (χ3v) is 2.62. The molecule has 2 rings (SSSR count). The van der Waals surface area contributed by atoms with E-state index in [1.54, 1.807) is 12.1 Å². The lowest BCUT2D eigenvalue weighted by molar-refractivity contribution is 0.0697. The molecule has 0 saturated heterocycles. The molecule has 1 aromatic carbocycles. The highest BCUT2D eigenvalue weighted by molar-refractivity contribution is 5.88. The van der Waals surface area contributed by atoms with Crippen molar-refractivity contribution in [3.63, 3.8) is 0 Å². The second-order valence-electron chi connectivity index (χ2n) is 4.02. The van der Waals surface area contributed by atoms with E-state index in [0.29, 0.717) is 29.6 Å². The molecule has 7 nitrogen and oxygen atoms in total. The molecule has 7 heteroatoms. The van der Waals surface area contributed by atoms with Gasteiger partial charge in [-0.25, -0.2) is 14.8 Å². The number of nitrogens with zero attached hydrogens (tertiary/aromatic N) is 2.